The van der Waals surface area contributed by atoms with E-state index in [1.165, 1.54) is 0 Å². The van der Waals surface area contributed by atoms with Gasteiger partial charge in [0.25, 0.3) is 0 Å². The maximum absolute atomic E-state index is 13.0. The van der Waals surface area contributed by atoms with E-state index in [1.54, 1.807) is 20.8 Å². The van der Waals surface area contributed by atoms with Crippen molar-refractivity contribution in [1.29, 1.82) is 0 Å². The maximum Gasteiger partial charge on any atom is 0.340 e. The van der Waals surface area contributed by atoms with Gasteiger partial charge in [-0.05, 0) is 40.2 Å². The Bertz CT molecular complexity index is 701. The first-order chi connectivity index (χ1) is 12.8. The Balaban J connectivity index is 2.07. The summed E-state index contributed by atoms with van der Waals surface area (Å²) in [7, 11) is 0. The highest BCUT2D eigenvalue weighted by molar-refractivity contribution is 6.03. The highest BCUT2D eigenvalue weighted by Gasteiger charge is 2.35. The molecule has 7 heteroatoms. The quantitative estimate of drug-likeness (QED) is 0.550. The molecule has 1 saturated heterocycles. The molecule has 2 N–H and O–H groups in total. The molecule has 2 heterocycles. The summed E-state index contributed by atoms with van der Waals surface area (Å²) in [5.74, 6) is -0.625. The van der Waals surface area contributed by atoms with Crippen LogP contribution >= 0.6 is 0 Å². The normalized spacial score (nSPS) is 20.8. The third-order valence-corrected chi connectivity index (χ3v) is 5.42. The van der Waals surface area contributed by atoms with Crippen molar-refractivity contribution in [2.75, 3.05) is 26.3 Å². The maximum atomic E-state index is 13.0. The van der Waals surface area contributed by atoms with Crippen molar-refractivity contribution in [2.24, 2.45) is 5.92 Å². The second-order valence-electron chi connectivity index (χ2n) is 7.12. The summed E-state index contributed by atoms with van der Waals surface area (Å²) in [5.41, 5.74) is 2.22. The number of rotatable bonds is 7. The molecule has 1 aliphatic rings. The zero-order valence-electron chi connectivity index (χ0n) is 16.9. The zero-order chi connectivity index (χ0) is 20.1. The third kappa shape index (κ3) is 4.58. The van der Waals surface area contributed by atoms with Crippen LogP contribution < -0.4 is 4.90 Å². The van der Waals surface area contributed by atoms with Gasteiger partial charge in [-0.3, -0.25) is 9.59 Å². The zero-order valence-corrected chi connectivity index (χ0v) is 16.9. The number of carbonyl (C=O) groups is 3. The molecule has 150 valence electrons. The average Bonchev–Trinajstić information content (AvgIpc) is 2.95. The van der Waals surface area contributed by atoms with Crippen molar-refractivity contribution in [3.8, 4) is 0 Å². The summed E-state index contributed by atoms with van der Waals surface area (Å²) >= 11 is 0. The number of hydrogen-bond donors (Lipinski definition) is 2. The number of aromatic amines is 1. The van der Waals surface area contributed by atoms with Crippen molar-refractivity contribution in [3.05, 3.63) is 22.5 Å². The highest BCUT2D eigenvalue weighted by Crippen LogP contribution is 2.20. The molecule has 1 fully saturated rings. The summed E-state index contributed by atoms with van der Waals surface area (Å²) in [4.78, 5) is 41.3. The molecule has 1 atom stereocenters. The molecule has 0 saturated carbocycles. The number of aryl methyl sites for hydroxylation is 1. The van der Waals surface area contributed by atoms with Gasteiger partial charge in [0.05, 0.1) is 43.5 Å². The van der Waals surface area contributed by atoms with E-state index in [-0.39, 0.29) is 23.7 Å². The van der Waals surface area contributed by atoms with Crippen LogP contribution in [0.1, 0.15) is 65.7 Å². The van der Waals surface area contributed by atoms with Crippen LogP contribution in [-0.2, 0) is 14.3 Å². The molecule has 1 aromatic heterocycles. The molecule has 0 spiro atoms. The van der Waals surface area contributed by atoms with Gasteiger partial charge in [-0.2, -0.15) is 0 Å². The first kappa shape index (κ1) is 21.2. The SMILES string of the molecule is CCOC(=O)c1c(C)[nH]c(C(=O)[C@H](C)[NH+]2CCC(C(=O)OCC)CC2)c1C. The molecular weight excluding hydrogens is 348 g/mol. The summed E-state index contributed by atoms with van der Waals surface area (Å²) in [5, 5.41) is 0. The van der Waals surface area contributed by atoms with Gasteiger partial charge in [0.15, 0.2) is 0 Å². The van der Waals surface area contributed by atoms with E-state index in [9.17, 15) is 14.4 Å². The number of esters is 2. The van der Waals surface area contributed by atoms with E-state index in [1.807, 2.05) is 13.8 Å². The van der Waals surface area contributed by atoms with Gasteiger partial charge in [-0.1, -0.05) is 0 Å². The topological polar surface area (TPSA) is 89.9 Å². The Labute approximate surface area is 160 Å². The van der Waals surface area contributed by atoms with Crippen LogP contribution in [0.15, 0.2) is 0 Å². The summed E-state index contributed by atoms with van der Waals surface area (Å²) in [6.07, 6.45) is 1.45. The molecule has 0 aliphatic carbocycles. The Morgan fingerprint density at radius 2 is 1.70 bits per heavy atom. The van der Waals surface area contributed by atoms with E-state index in [2.05, 4.69) is 4.98 Å². The van der Waals surface area contributed by atoms with Gasteiger partial charge in [0.2, 0.25) is 5.78 Å². The number of likely N-dealkylation sites (tertiary alicyclic amines) is 1. The van der Waals surface area contributed by atoms with Crippen LogP contribution in [0.5, 0.6) is 0 Å². The molecular formula is C20H31N2O5+. The van der Waals surface area contributed by atoms with Crippen molar-refractivity contribution >= 4 is 17.7 Å². The molecule has 1 aromatic rings. The fraction of sp³-hybridized carbons (Fsp3) is 0.650. The minimum absolute atomic E-state index is 0.0178. The van der Waals surface area contributed by atoms with Gasteiger partial charge in [0.1, 0.15) is 6.04 Å². The fourth-order valence-electron chi connectivity index (χ4n) is 3.83. The van der Waals surface area contributed by atoms with Crippen LogP contribution in [0, 0.1) is 19.8 Å². The van der Waals surface area contributed by atoms with Crippen molar-refractivity contribution < 1.29 is 28.8 Å². The summed E-state index contributed by atoms with van der Waals surface area (Å²) in [6.45, 7) is 11.2. The number of nitrogens with one attached hydrogen (secondary N) is 2. The van der Waals surface area contributed by atoms with Crippen molar-refractivity contribution in [3.63, 3.8) is 0 Å². The average molecular weight is 379 g/mol. The second-order valence-corrected chi connectivity index (χ2v) is 7.12. The van der Waals surface area contributed by atoms with Gasteiger partial charge < -0.3 is 19.4 Å². The highest BCUT2D eigenvalue weighted by atomic mass is 16.5. The van der Waals surface area contributed by atoms with Crippen molar-refractivity contribution in [1.82, 2.24) is 4.98 Å². The first-order valence-corrected chi connectivity index (χ1v) is 9.73. The molecule has 2 rings (SSSR count). The van der Waals surface area contributed by atoms with E-state index in [0.717, 1.165) is 30.8 Å². The predicted molar refractivity (Wildman–Crippen MR) is 100 cm³/mol. The van der Waals surface area contributed by atoms with E-state index >= 15 is 0 Å². The monoisotopic (exact) mass is 379 g/mol. The largest absolute Gasteiger partial charge is 0.466 e. The summed E-state index contributed by atoms with van der Waals surface area (Å²) in [6, 6.07) is -0.250. The van der Waals surface area contributed by atoms with Crippen molar-refractivity contribution in [2.45, 2.75) is 53.5 Å². The van der Waals surface area contributed by atoms with Crippen LogP contribution in [-0.4, -0.2) is 55.1 Å². The number of H-pyrrole nitrogens is 1. The standard InChI is InChI=1S/C20H30N2O5/c1-6-26-19(24)15-8-10-22(11-9-15)14(5)18(23)17-12(3)16(13(4)21-17)20(25)27-7-2/h14-15,21H,6-11H2,1-5H3/p+1/t14-/m0/s1. The second kappa shape index (κ2) is 9.17. The summed E-state index contributed by atoms with van der Waals surface area (Å²) < 4.78 is 10.2. The lowest BCUT2D eigenvalue weighted by Crippen LogP contribution is -3.17. The smallest absolute Gasteiger partial charge is 0.340 e. The van der Waals surface area contributed by atoms with E-state index in [0.29, 0.717) is 35.7 Å². The molecule has 0 amide bonds. The molecule has 27 heavy (non-hydrogen) atoms. The molecule has 1 aliphatic heterocycles. The minimum atomic E-state index is -0.405. The van der Waals surface area contributed by atoms with Crippen LogP contribution in [0.3, 0.4) is 0 Å². The fourth-order valence-corrected chi connectivity index (χ4v) is 3.83. The van der Waals surface area contributed by atoms with Gasteiger partial charge >= 0.3 is 11.9 Å². The number of hydrogen-bond acceptors (Lipinski definition) is 5. The van der Waals surface area contributed by atoms with Gasteiger partial charge in [0, 0.05) is 18.5 Å². The molecule has 0 radical (unpaired) electrons. The van der Waals surface area contributed by atoms with Gasteiger partial charge in [-0.15, -0.1) is 0 Å². The molecule has 0 unspecified atom stereocenters. The van der Waals surface area contributed by atoms with Crippen LogP contribution in [0.4, 0.5) is 0 Å². The minimum Gasteiger partial charge on any atom is -0.466 e. The molecule has 0 aromatic carbocycles. The first-order valence-electron chi connectivity index (χ1n) is 9.73. The lowest BCUT2D eigenvalue weighted by molar-refractivity contribution is -0.919. The van der Waals surface area contributed by atoms with Gasteiger partial charge in [-0.25, -0.2) is 4.79 Å². The third-order valence-electron chi connectivity index (χ3n) is 5.42. The lowest BCUT2D eigenvalue weighted by Gasteiger charge is -2.31. The number of ether oxygens (including phenoxy) is 2. The Kier molecular flexibility index (Phi) is 7.18. The molecule has 7 nitrogen and oxygen atoms in total. The van der Waals surface area contributed by atoms with Crippen LogP contribution in [0.25, 0.3) is 0 Å². The number of piperidine rings is 1. The number of Topliss-reactive ketones (excluding diaryl/α,β-unsaturated/α-hetero) is 1. The van der Waals surface area contributed by atoms with E-state index < -0.39 is 5.97 Å². The van der Waals surface area contributed by atoms with E-state index in [4.69, 9.17) is 9.47 Å². The lowest BCUT2D eigenvalue weighted by atomic mass is 9.94. The predicted octanol–water partition coefficient (Wildman–Crippen LogP) is 1.24. The Morgan fingerprint density at radius 3 is 2.26 bits per heavy atom. The van der Waals surface area contributed by atoms with Crippen LogP contribution in [0.2, 0.25) is 0 Å². The Morgan fingerprint density at radius 1 is 1.11 bits per heavy atom. The number of quaternary nitrogens is 1. The number of carbonyl (C=O) groups excluding carboxylic acids is 3. The number of aromatic nitrogens is 1. The molecule has 0 bridgehead atoms. The Hall–Kier alpha value is -2.15. The number of ketones is 1.